The minimum Gasteiger partial charge on any atom is -0.496 e. The molecule has 0 bridgehead atoms. The van der Waals surface area contributed by atoms with Crippen molar-refractivity contribution in [1.29, 1.82) is 0 Å². The van der Waals surface area contributed by atoms with Gasteiger partial charge in [0.2, 0.25) is 0 Å². The zero-order valence-electron chi connectivity index (χ0n) is 8.42. The lowest BCUT2D eigenvalue weighted by Crippen LogP contribution is -2.01. The number of hydrogen-bond acceptors (Lipinski definition) is 3. The minimum absolute atomic E-state index is 0.522. The number of nitrogens with two attached hydrogens (primary N) is 1. The second kappa shape index (κ2) is 4.12. The highest BCUT2D eigenvalue weighted by atomic mass is 16.5. The second-order valence-electron chi connectivity index (χ2n) is 3.06. The third-order valence-corrected chi connectivity index (χ3v) is 2.03. The van der Waals surface area contributed by atoms with Gasteiger partial charge < -0.3 is 10.5 Å². The van der Waals surface area contributed by atoms with Crippen molar-refractivity contribution in [2.45, 2.75) is 26.7 Å². The van der Waals surface area contributed by atoms with E-state index in [0.29, 0.717) is 5.82 Å². The maximum atomic E-state index is 5.61. The first-order valence-corrected chi connectivity index (χ1v) is 4.49. The standard InChI is InChI=1S/C10H16N2O/c1-4-5-8-7(2)12-10(11)6-9(8)13-3/h6H,4-5H2,1-3H3,(H2,11,12). The summed E-state index contributed by atoms with van der Waals surface area (Å²) in [6.45, 7) is 4.10. The van der Waals surface area contributed by atoms with Crippen molar-refractivity contribution in [3.8, 4) is 5.75 Å². The van der Waals surface area contributed by atoms with Crippen LogP contribution in [0.15, 0.2) is 6.07 Å². The molecule has 0 aliphatic heterocycles. The molecule has 0 aromatic carbocycles. The fourth-order valence-corrected chi connectivity index (χ4v) is 1.43. The van der Waals surface area contributed by atoms with Crippen LogP contribution in [0.25, 0.3) is 0 Å². The molecule has 1 heterocycles. The van der Waals surface area contributed by atoms with Crippen LogP contribution < -0.4 is 10.5 Å². The Morgan fingerprint density at radius 1 is 1.54 bits per heavy atom. The Hall–Kier alpha value is -1.25. The van der Waals surface area contributed by atoms with Crippen LogP contribution in [-0.4, -0.2) is 12.1 Å². The van der Waals surface area contributed by atoms with Crippen molar-refractivity contribution in [3.63, 3.8) is 0 Å². The van der Waals surface area contributed by atoms with E-state index < -0.39 is 0 Å². The Labute approximate surface area is 78.9 Å². The van der Waals surface area contributed by atoms with Gasteiger partial charge in [-0.1, -0.05) is 13.3 Å². The lowest BCUT2D eigenvalue weighted by Gasteiger charge is -2.10. The molecule has 0 spiro atoms. The first kappa shape index (κ1) is 9.84. The van der Waals surface area contributed by atoms with E-state index in [-0.39, 0.29) is 0 Å². The third kappa shape index (κ3) is 2.11. The number of aromatic nitrogens is 1. The smallest absolute Gasteiger partial charge is 0.127 e. The summed E-state index contributed by atoms with van der Waals surface area (Å²) in [6.07, 6.45) is 2.07. The molecule has 0 atom stereocenters. The average molecular weight is 180 g/mol. The van der Waals surface area contributed by atoms with Crippen molar-refractivity contribution in [1.82, 2.24) is 4.98 Å². The van der Waals surface area contributed by atoms with Crippen LogP contribution in [-0.2, 0) is 6.42 Å². The molecule has 3 heteroatoms. The number of anilines is 1. The molecule has 0 fully saturated rings. The van der Waals surface area contributed by atoms with Gasteiger partial charge in [-0.05, 0) is 13.3 Å². The molecule has 0 amide bonds. The molecule has 72 valence electrons. The lowest BCUT2D eigenvalue weighted by molar-refractivity contribution is 0.408. The van der Waals surface area contributed by atoms with Crippen LogP contribution in [0.3, 0.4) is 0 Å². The second-order valence-corrected chi connectivity index (χ2v) is 3.06. The number of hydrogen-bond donors (Lipinski definition) is 1. The van der Waals surface area contributed by atoms with Gasteiger partial charge in [-0.15, -0.1) is 0 Å². The van der Waals surface area contributed by atoms with Crippen molar-refractivity contribution in [2.24, 2.45) is 0 Å². The van der Waals surface area contributed by atoms with Crippen LogP contribution in [0, 0.1) is 6.92 Å². The largest absolute Gasteiger partial charge is 0.496 e. The summed E-state index contributed by atoms with van der Waals surface area (Å²) >= 11 is 0. The monoisotopic (exact) mass is 180 g/mol. The van der Waals surface area contributed by atoms with E-state index in [1.54, 1.807) is 13.2 Å². The Morgan fingerprint density at radius 2 is 2.23 bits per heavy atom. The fraction of sp³-hybridized carbons (Fsp3) is 0.500. The predicted octanol–water partition coefficient (Wildman–Crippen LogP) is 1.93. The predicted molar refractivity (Wildman–Crippen MR) is 53.9 cm³/mol. The molecule has 1 rings (SSSR count). The molecule has 3 nitrogen and oxygen atoms in total. The molecule has 2 N–H and O–H groups in total. The van der Waals surface area contributed by atoms with E-state index in [2.05, 4.69) is 11.9 Å². The van der Waals surface area contributed by atoms with Crippen molar-refractivity contribution in [2.75, 3.05) is 12.8 Å². The van der Waals surface area contributed by atoms with E-state index >= 15 is 0 Å². The maximum absolute atomic E-state index is 5.61. The van der Waals surface area contributed by atoms with E-state index in [0.717, 1.165) is 24.3 Å². The zero-order chi connectivity index (χ0) is 9.84. The highest BCUT2D eigenvalue weighted by molar-refractivity contribution is 5.45. The average Bonchev–Trinajstić information content (AvgIpc) is 2.09. The number of nitrogens with zero attached hydrogens (tertiary/aromatic N) is 1. The van der Waals surface area contributed by atoms with Gasteiger partial charge >= 0.3 is 0 Å². The van der Waals surface area contributed by atoms with E-state index in [1.807, 2.05) is 6.92 Å². The Bertz CT molecular complexity index is 297. The van der Waals surface area contributed by atoms with Crippen molar-refractivity contribution >= 4 is 5.82 Å². The van der Waals surface area contributed by atoms with Gasteiger partial charge in [-0.3, -0.25) is 0 Å². The molecular weight excluding hydrogens is 164 g/mol. The number of methoxy groups -OCH3 is 1. The van der Waals surface area contributed by atoms with Crippen LogP contribution >= 0.6 is 0 Å². The van der Waals surface area contributed by atoms with Gasteiger partial charge in [0.05, 0.1) is 7.11 Å². The zero-order valence-corrected chi connectivity index (χ0v) is 8.42. The molecule has 0 saturated heterocycles. The first-order valence-electron chi connectivity index (χ1n) is 4.49. The van der Waals surface area contributed by atoms with Gasteiger partial charge in [0.1, 0.15) is 11.6 Å². The maximum Gasteiger partial charge on any atom is 0.127 e. The quantitative estimate of drug-likeness (QED) is 0.773. The summed E-state index contributed by atoms with van der Waals surface area (Å²) in [7, 11) is 1.66. The normalized spacial score (nSPS) is 10.1. The Morgan fingerprint density at radius 3 is 2.77 bits per heavy atom. The van der Waals surface area contributed by atoms with Crippen LogP contribution in [0.4, 0.5) is 5.82 Å². The number of nitrogen functional groups attached to an aromatic ring is 1. The van der Waals surface area contributed by atoms with Crippen LogP contribution in [0.1, 0.15) is 24.6 Å². The molecule has 0 saturated carbocycles. The Kier molecular flexibility index (Phi) is 3.12. The van der Waals surface area contributed by atoms with E-state index in [9.17, 15) is 0 Å². The number of pyridine rings is 1. The molecule has 13 heavy (non-hydrogen) atoms. The molecule has 0 aliphatic rings. The number of rotatable bonds is 3. The summed E-state index contributed by atoms with van der Waals surface area (Å²) in [6, 6.07) is 1.78. The highest BCUT2D eigenvalue weighted by Gasteiger charge is 2.07. The molecule has 1 aromatic heterocycles. The summed E-state index contributed by atoms with van der Waals surface area (Å²) in [5, 5.41) is 0. The van der Waals surface area contributed by atoms with Gasteiger partial charge in [0.15, 0.2) is 0 Å². The summed E-state index contributed by atoms with van der Waals surface area (Å²) in [4.78, 5) is 4.20. The van der Waals surface area contributed by atoms with Gasteiger partial charge in [-0.2, -0.15) is 0 Å². The van der Waals surface area contributed by atoms with Crippen LogP contribution in [0.2, 0.25) is 0 Å². The van der Waals surface area contributed by atoms with Crippen molar-refractivity contribution in [3.05, 3.63) is 17.3 Å². The van der Waals surface area contributed by atoms with Crippen LogP contribution in [0.5, 0.6) is 5.75 Å². The van der Waals surface area contributed by atoms with Crippen molar-refractivity contribution < 1.29 is 4.74 Å². The SMILES string of the molecule is CCCc1c(OC)cc(N)nc1C. The van der Waals surface area contributed by atoms with Gasteiger partial charge in [-0.25, -0.2) is 4.98 Å². The summed E-state index contributed by atoms with van der Waals surface area (Å²) in [5.74, 6) is 1.38. The minimum atomic E-state index is 0.522. The number of ether oxygens (including phenoxy) is 1. The summed E-state index contributed by atoms with van der Waals surface area (Å²) < 4.78 is 5.24. The molecule has 1 aromatic rings. The Balaban J connectivity index is 3.13. The molecule has 0 radical (unpaired) electrons. The lowest BCUT2D eigenvalue weighted by atomic mass is 10.1. The number of aryl methyl sites for hydroxylation is 1. The summed E-state index contributed by atoms with van der Waals surface area (Å²) in [5.41, 5.74) is 7.75. The molecule has 0 unspecified atom stereocenters. The topological polar surface area (TPSA) is 48.1 Å². The van der Waals surface area contributed by atoms with E-state index in [1.165, 1.54) is 5.56 Å². The van der Waals surface area contributed by atoms with Gasteiger partial charge in [0, 0.05) is 17.3 Å². The van der Waals surface area contributed by atoms with E-state index in [4.69, 9.17) is 10.5 Å². The molecule has 0 aliphatic carbocycles. The molecular formula is C10H16N2O. The fourth-order valence-electron chi connectivity index (χ4n) is 1.43. The highest BCUT2D eigenvalue weighted by Crippen LogP contribution is 2.24. The first-order chi connectivity index (χ1) is 6.19. The third-order valence-electron chi connectivity index (χ3n) is 2.03. The van der Waals surface area contributed by atoms with Gasteiger partial charge in [0.25, 0.3) is 0 Å².